The first-order valence-electron chi connectivity index (χ1n) is 6.62. The monoisotopic (exact) mass is 233 g/mol. The van der Waals surface area contributed by atoms with E-state index in [4.69, 9.17) is 4.74 Å². The fraction of sp³-hybridized carbons (Fsp3) is 0.692. The van der Waals surface area contributed by atoms with E-state index >= 15 is 0 Å². The van der Waals surface area contributed by atoms with Gasteiger partial charge in [-0.3, -0.25) is 0 Å². The average molecular weight is 233 g/mol. The van der Waals surface area contributed by atoms with Gasteiger partial charge < -0.3 is 10.1 Å². The van der Waals surface area contributed by atoms with Gasteiger partial charge in [-0.05, 0) is 38.6 Å². The van der Waals surface area contributed by atoms with Gasteiger partial charge >= 0.3 is 0 Å². The summed E-state index contributed by atoms with van der Waals surface area (Å²) >= 11 is 0. The van der Waals surface area contributed by atoms with Crippen LogP contribution in [0.5, 0.6) is 5.88 Å². The van der Waals surface area contributed by atoms with Crippen LogP contribution in [0.2, 0.25) is 0 Å². The zero-order chi connectivity index (χ0) is 11.5. The van der Waals surface area contributed by atoms with Gasteiger partial charge in [0.15, 0.2) is 0 Å². The quantitative estimate of drug-likeness (QED) is 0.859. The van der Waals surface area contributed by atoms with Crippen LogP contribution in [-0.4, -0.2) is 29.2 Å². The van der Waals surface area contributed by atoms with E-state index in [0.717, 1.165) is 31.9 Å². The number of piperidine rings is 1. The first-order chi connectivity index (χ1) is 8.43. The van der Waals surface area contributed by atoms with Crippen molar-refractivity contribution in [3.05, 3.63) is 17.6 Å². The van der Waals surface area contributed by atoms with Gasteiger partial charge in [0, 0.05) is 11.6 Å². The third-order valence-corrected chi connectivity index (χ3v) is 3.67. The Morgan fingerprint density at radius 3 is 3.12 bits per heavy atom. The maximum atomic E-state index is 5.87. The van der Waals surface area contributed by atoms with Crippen molar-refractivity contribution in [2.75, 3.05) is 13.2 Å². The van der Waals surface area contributed by atoms with E-state index in [1.54, 1.807) is 6.33 Å². The molecule has 1 unspecified atom stereocenters. The number of aryl methyl sites for hydroxylation is 1. The Bertz CT molecular complexity index is 388. The van der Waals surface area contributed by atoms with Gasteiger partial charge in [0.2, 0.25) is 5.88 Å². The van der Waals surface area contributed by atoms with Crippen molar-refractivity contribution < 1.29 is 4.74 Å². The molecule has 0 amide bonds. The summed E-state index contributed by atoms with van der Waals surface area (Å²) in [5, 5.41) is 3.49. The van der Waals surface area contributed by atoms with Crippen LogP contribution >= 0.6 is 0 Å². The number of ether oxygens (including phenoxy) is 1. The molecule has 0 bridgehead atoms. The summed E-state index contributed by atoms with van der Waals surface area (Å²) in [5.41, 5.74) is 2.43. The number of nitrogens with one attached hydrogen (secondary N) is 1. The number of hydrogen-bond acceptors (Lipinski definition) is 4. The first kappa shape index (κ1) is 11.0. The Morgan fingerprint density at radius 1 is 1.24 bits per heavy atom. The van der Waals surface area contributed by atoms with Crippen molar-refractivity contribution in [3.8, 4) is 5.88 Å². The standard InChI is InChI=1S/C13H19N3O/c1-2-7-14-10(4-1)8-17-13-11-5-3-6-12(11)15-9-16-13/h9-10,14H,1-8H2. The molecule has 3 rings (SSSR count). The van der Waals surface area contributed by atoms with Crippen LogP contribution in [0.3, 0.4) is 0 Å². The van der Waals surface area contributed by atoms with Gasteiger partial charge in [-0.25, -0.2) is 9.97 Å². The molecular weight excluding hydrogens is 214 g/mol. The third kappa shape index (κ3) is 2.41. The van der Waals surface area contributed by atoms with E-state index in [9.17, 15) is 0 Å². The Kier molecular flexibility index (Phi) is 3.22. The maximum Gasteiger partial charge on any atom is 0.219 e. The minimum atomic E-state index is 0.496. The summed E-state index contributed by atoms with van der Waals surface area (Å²) < 4.78 is 5.87. The topological polar surface area (TPSA) is 47.0 Å². The smallest absolute Gasteiger partial charge is 0.219 e. The molecule has 1 atom stereocenters. The lowest BCUT2D eigenvalue weighted by atomic mass is 10.1. The molecule has 0 aromatic carbocycles. The second-order valence-electron chi connectivity index (χ2n) is 4.92. The van der Waals surface area contributed by atoms with E-state index in [1.807, 2.05) is 0 Å². The van der Waals surface area contributed by atoms with Gasteiger partial charge in [0.05, 0.1) is 5.69 Å². The van der Waals surface area contributed by atoms with Crippen molar-refractivity contribution in [2.45, 2.75) is 44.6 Å². The van der Waals surface area contributed by atoms with Gasteiger partial charge in [-0.2, -0.15) is 0 Å². The Hall–Kier alpha value is -1.16. The molecule has 1 aliphatic heterocycles. The van der Waals surface area contributed by atoms with Gasteiger partial charge in [0.1, 0.15) is 12.9 Å². The third-order valence-electron chi connectivity index (χ3n) is 3.67. The molecule has 0 radical (unpaired) electrons. The summed E-state index contributed by atoms with van der Waals surface area (Å²) in [6.45, 7) is 1.86. The molecule has 92 valence electrons. The highest BCUT2D eigenvalue weighted by Crippen LogP contribution is 2.26. The number of rotatable bonds is 3. The Morgan fingerprint density at radius 2 is 2.24 bits per heavy atom. The lowest BCUT2D eigenvalue weighted by Gasteiger charge is -2.23. The lowest BCUT2D eigenvalue weighted by Crippen LogP contribution is -2.38. The van der Waals surface area contributed by atoms with E-state index in [-0.39, 0.29) is 0 Å². The molecule has 17 heavy (non-hydrogen) atoms. The largest absolute Gasteiger partial charge is 0.476 e. The fourth-order valence-electron chi connectivity index (χ4n) is 2.70. The number of nitrogens with zero attached hydrogens (tertiary/aromatic N) is 2. The van der Waals surface area contributed by atoms with Crippen LogP contribution in [0.15, 0.2) is 6.33 Å². The minimum Gasteiger partial charge on any atom is -0.476 e. The summed E-state index contributed by atoms with van der Waals surface area (Å²) in [6, 6.07) is 0.496. The molecule has 2 heterocycles. The van der Waals surface area contributed by atoms with Crippen LogP contribution in [-0.2, 0) is 12.8 Å². The van der Waals surface area contributed by atoms with Crippen molar-refractivity contribution in [2.24, 2.45) is 0 Å². The highest BCUT2D eigenvalue weighted by Gasteiger charge is 2.19. The Balaban J connectivity index is 1.63. The fourth-order valence-corrected chi connectivity index (χ4v) is 2.70. The number of aromatic nitrogens is 2. The van der Waals surface area contributed by atoms with E-state index in [0.29, 0.717) is 6.04 Å². The highest BCUT2D eigenvalue weighted by atomic mass is 16.5. The van der Waals surface area contributed by atoms with E-state index < -0.39 is 0 Å². The van der Waals surface area contributed by atoms with Crippen LogP contribution in [0.1, 0.15) is 36.9 Å². The zero-order valence-electron chi connectivity index (χ0n) is 10.1. The van der Waals surface area contributed by atoms with Crippen LogP contribution in [0, 0.1) is 0 Å². The molecular formula is C13H19N3O. The van der Waals surface area contributed by atoms with Gasteiger partial charge in [0.25, 0.3) is 0 Å². The second-order valence-corrected chi connectivity index (χ2v) is 4.92. The molecule has 2 aliphatic rings. The Labute approximate surface area is 102 Å². The molecule has 0 saturated carbocycles. The normalized spacial score (nSPS) is 23.4. The first-order valence-corrected chi connectivity index (χ1v) is 6.62. The van der Waals surface area contributed by atoms with Crippen molar-refractivity contribution in [1.29, 1.82) is 0 Å². The summed E-state index contributed by atoms with van der Waals surface area (Å²) in [5.74, 6) is 0.819. The van der Waals surface area contributed by atoms with Gasteiger partial charge in [-0.1, -0.05) is 6.42 Å². The van der Waals surface area contributed by atoms with E-state index in [1.165, 1.54) is 36.9 Å². The second kappa shape index (κ2) is 5.00. The maximum absolute atomic E-state index is 5.87. The minimum absolute atomic E-state index is 0.496. The molecule has 0 spiro atoms. The molecule has 4 heteroatoms. The van der Waals surface area contributed by atoms with Crippen LogP contribution in [0.25, 0.3) is 0 Å². The van der Waals surface area contributed by atoms with Crippen molar-refractivity contribution >= 4 is 0 Å². The number of hydrogen-bond donors (Lipinski definition) is 1. The summed E-state index contributed by atoms with van der Waals surface area (Å²) in [6.07, 6.45) is 8.79. The zero-order valence-corrected chi connectivity index (χ0v) is 10.1. The van der Waals surface area contributed by atoms with Crippen LogP contribution in [0.4, 0.5) is 0 Å². The molecule has 1 aromatic rings. The lowest BCUT2D eigenvalue weighted by molar-refractivity contribution is 0.230. The predicted molar refractivity (Wildman–Crippen MR) is 65.2 cm³/mol. The SMILES string of the molecule is c1nc2c(c(OCC3CCCCN3)n1)CCC2. The van der Waals surface area contributed by atoms with Gasteiger partial charge in [-0.15, -0.1) is 0 Å². The molecule has 1 aliphatic carbocycles. The van der Waals surface area contributed by atoms with Crippen molar-refractivity contribution in [1.82, 2.24) is 15.3 Å². The highest BCUT2D eigenvalue weighted by molar-refractivity contribution is 5.33. The van der Waals surface area contributed by atoms with E-state index in [2.05, 4.69) is 15.3 Å². The predicted octanol–water partition coefficient (Wildman–Crippen LogP) is 1.49. The summed E-state index contributed by atoms with van der Waals surface area (Å²) in [7, 11) is 0. The molecule has 1 fully saturated rings. The summed E-state index contributed by atoms with van der Waals surface area (Å²) in [4.78, 5) is 8.58. The molecule has 1 saturated heterocycles. The average Bonchev–Trinajstić information content (AvgIpc) is 2.86. The molecule has 4 nitrogen and oxygen atoms in total. The molecule has 1 N–H and O–H groups in total. The van der Waals surface area contributed by atoms with Crippen molar-refractivity contribution in [3.63, 3.8) is 0 Å². The molecule has 1 aromatic heterocycles. The number of fused-ring (bicyclic) bond motifs is 1. The van der Waals surface area contributed by atoms with Crippen LogP contribution < -0.4 is 10.1 Å².